The Morgan fingerprint density at radius 1 is 1.39 bits per heavy atom. The molecule has 1 aromatic heterocycles. The zero-order valence-corrected chi connectivity index (χ0v) is 11.0. The molecule has 0 atom stereocenters. The normalized spacial score (nSPS) is 10.4. The van der Waals surface area contributed by atoms with Crippen molar-refractivity contribution in [2.75, 3.05) is 5.32 Å². The average Bonchev–Trinajstić information content (AvgIpc) is 2.69. The van der Waals surface area contributed by atoms with Gasteiger partial charge in [-0.25, -0.2) is 0 Å². The second-order valence-corrected chi connectivity index (χ2v) is 4.48. The molecule has 0 aliphatic rings. The van der Waals surface area contributed by atoms with Crippen LogP contribution in [0.15, 0.2) is 18.2 Å². The van der Waals surface area contributed by atoms with Crippen molar-refractivity contribution < 1.29 is 4.79 Å². The topological polar surface area (TPSA) is 70.7 Å². The molecule has 1 amide bonds. The number of nitrogens with zero attached hydrogens (tertiary/aromatic N) is 2. The molecule has 5 nitrogen and oxygen atoms in total. The maximum absolute atomic E-state index is 11.8. The Morgan fingerprint density at radius 3 is 2.61 bits per heavy atom. The van der Waals surface area contributed by atoms with Crippen LogP contribution in [0.5, 0.6) is 0 Å². The summed E-state index contributed by atoms with van der Waals surface area (Å²) in [4.78, 5) is 15.7. The molecule has 1 aromatic carbocycles. The molecule has 0 bridgehead atoms. The van der Waals surface area contributed by atoms with Crippen LogP contribution in [-0.4, -0.2) is 21.1 Å². The Morgan fingerprint density at radius 2 is 2.06 bits per heavy atom. The van der Waals surface area contributed by atoms with E-state index in [1.807, 2.05) is 0 Å². The number of aromatic amines is 1. The van der Waals surface area contributed by atoms with E-state index in [0.717, 1.165) is 0 Å². The molecule has 1 heterocycles. The van der Waals surface area contributed by atoms with Crippen LogP contribution in [0.2, 0.25) is 10.0 Å². The van der Waals surface area contributed by atoms with Gasteiger partial charge < -0.3 is 0 Å². The fourth-order valence-corrected chi connectivity index (χ4v) is 1.96. The van der Waals surface area contributed by atoms with Crippen LogP contribution in [0.25, 0.3) is 0 Å². The number of halogens is 2. The molecular formula is C11H10Cl2N4O. The Bertz CT molecular complexity index is 562. The van der Waals surface area contributed by atoms with Crippen molar-refractivity contribution in [2.45, 2.75) is 13.3 Å². The lowest BCUT2D eigenvalue weighted by Gasteiger charge is -2.05. The van der Waals surface area contributed by atoms with Gasteiger partial charge in [0, 0.05) is 10.0 Å². The summed E-state index contributed by atoms with van der Waals surface area (Å²) >= 11 is 12.0. The van der Waals surface area contributed by atoms with E-state index in [4.69, 9.17) is 23.2 Å². The van der Waals surface area contributed by atoms with Gasteiger partial charge in [-0.05, 0) is 24.6 Å². The SMILES string of the molecule is Cc1nc(NC(=O)Cc2c(Cl)cccc2Cl)n[nH]1. The van der Waals surface area contributed by atoms with Crippen LogP contribution >= 0.6 is 23.2 Å². The molecule has 0 radical (unpaired) electrons. The second kappa shape index (κ2) is 5.37. The van der Waals surface area contributed by atoms with Crippen LogP contribution in [0.4, 0.5) is 5.95 Å². The first kappa shape index (κ1) is 12.9. The molecule has 0 fully saturated rings. The number of hydrogen-bond donors (Lipinski definition) is 2. The Balaban J connectivity index is 2.08. The Hall–Kier alpha value is -1.59. The summed E-state index contributed by atoms with van der Waals surface area (Å²) < 4.78 is 0. The number of carbonyl (C=O) groups is 1. The van der Waals surface area contributed by atoms with Crippen molar-refractivity contribution in [1.29, 1.82) is 0 Å². The Labute approximate surface area is 114 Å². The largest absolute Gasteiger partial charge is 0.293 e. The summed E-state index contributed by atoms with van der Waals surface area (Å²) in [7, 11) is 0. The number of anilines is 1. The van der Waals surface area contributed by atoms with Crippen molar-refractivity contribution in [1.82, 2.24) is 15.2 Å². The molecule has 0 unspecified atom stereocenters. The summed E-state index contributed by atoms with van der Waals surface area (Å²) in [6, 6.07) is 5.10. The molecule has 94 valence electrons. The first-order chi connectivity index (χ1) is 8.56. The van der Waals surface area contributed by atoms with Crippen LogP contribution in [0.1, 0.15) is 11.4 Å². The summed E-state index contributed by atoms with van der Waals surface area (Å²) in [6.07, 6.45) is 0.0755. The van der Waals surface area contributed by atoms with Crippen LogP contribution in [-0.2, 0) is 11.2 Å². The van der Waals surface area contributed by atoms with E-state index in [-0.39, 0.29) is 18.3 Å². The highest BCUT2D eigenvalue weighted by molar-refractivity contribution is 6.36. The fourth-order valence-electron chi connectivity index (χ4n) is 1.43. The number of nitrogens with one attached hydrogen (secondary N) is 2. The minimum atomic E-state index is -0.274. The van der Waals surface area contributed by atoms with E-state index >= 15 is 0 Å². The third-order valence-electron chi connectivity index (χ3n) is 2.25. The molecule has 18 heavy (non-hydrogen) atoms. The van der Waals surface area contributed by atoms with Crippen LogP contribution in [0.3, 0.4) is 0 Å². The van der Waals surface area contributed by atoms with Crippen molar-refractivity contribution in [2.24, 2.45) is 0 Å². The van der Waals surface area contributed by atoms with Crippen LogP contribution in [0, 0.1) is 6.92 Å². The predicted octanol–water partition coefficient (Wildman–Crippen LogP) is 2.60. The zero-order valence-electron chi connectivity index (χ0n) is 9.50. The van der Waals surface area contributed by atoms with Crippen molar-refractivity contribution in [3.05, 3.63) is 39.6 Å². The van der Waals surface area contributed by atoms with Crippen molar-refractivity contribution in [3.8, 4) is 0 Å². The highest BCUT2D eigenvalue weighted by atomic mass is 35.5. The summed E-state index contributed by atoms with van der Waals surface area (Å²) in [5.41, 5.74) is 0.589. The van der Waals surface area contributed by atoms with Gasteiger partial charge in [0.2, 0.25) is 11.9 Å². The van der Waals surface area contributed by atoms with Gasteiger partial charge in [-0.1, -0.05) is 29.3 Å². The zero-order chi connectivity index (χ0) is 13.1. The number of amides is 1. The summed E-state index contributed by atoms with van der Waals surface area (Å²) in [5.74, 6) is 0.589. The van der Waals surface area contributed by atoms with E-state index < -0.39 is 0 Å². The maximum Gasteiger partial charge on any atom is 0.248 e. The molecular weight excluding hydrogens is 275 g/mol. The standard InChI is InChI=1S/C11H10Cl2N4O/c1-6-14-11(17-16-6)15-10(18)5-7-8(12)3-2-4-9(7)13/h2-4H,5H2,1H3,(H2,14,15,16,17,18). The van der Waals surface area contributed by atoms with Gasteiger partial charge in [-0.3, -0.25) is 15.2 Å². The number of aryl methyl sites for hydroxylation is 1. The second-order valence-electron chi connectivity index (χ2n) is 3.67. The minimum Gasteiger partial charge on any atom is -0.293 e. The van der Waals surface area contributed by atoms with Gasteiger partial charge in [-0.2, -0.15) is 4.98 Å². The third kappa shape index (κ3) is 3.00. The molecule has 0 aliphatic heterocycles. The van der Waals surface area contributed by atoms with E-state index in [2.05, 4.69) is 20.5 Å². The van der Waals surface area contributed by atoms with Gasteiger partial charge >= 0.3 is 0 Å². The number of rotatable bonds is 3. The summed E-state index contributed by atoms with van der Waals surface area (Å²) in [6.45, 7) is 1.74. The number of carbonyl (C=O) groups excluding carboxylic acids is 1. The molecule has 0 aliphatic carbocycles. The molecule has 2 aromatic rings. The molecule has 2 rings (SSSR count). The lowest BCUT2D eigenvalue weighted by Crippen LogP contribution is -2.15. The minimum absolute atomic E-state index is 0.0755. The maximum atomic E-state index is 11.8. The van der Waals surface area contributed by atoms with Crippen LogP contribution < -0.4 is 5.32 Å². The number of hydrogen-bond acceptors (Lipinski definition) is 3. The van der Waals surface area contributed by atoms with Gasteiger partial charge in [0.05, 0.1) is 6.42 Å². The first-order valence-electron chi connectivity index (χ1n) is 5.18. The molecule has 0 spiro atoms. The summed E-state index contributed by atoms with van der Waals surface area (Å²) in [5, 5.41) is 9.92. The van der Waals surface area contributed by atoms with E-state index in [9.17, 15) is 4.79 Å². The van der Waals surface area contributed by atoms with E-state index in [1.165, 1.54) is 0 Å². The Kier molecular flexibility index (Phi) is 3.84. The quantitative estimate of drug-likeness (QED) is 0.910. The lowest BCUT2D eigenvalue weighted by molar-refractivity contribution is -0.115. The van der Waals surface area contributed by atoms with Gasteiger partial charge in [-0.15, -0.1) is 5.10 Å². The smallest absolute Gasteiger partial charge is 0.248 e. The fraction of sp³-hybridized carbons (Fsp3) is 0.182. The number of H-pyrrole nitrogens is 1. The van der Waals surface area contributed by atoms with Gasteiger partial charge in [0.1, 0.15) is 5.82 Å². The molecule has 7 heteroatoms. The highest BCUT2D eigenvalue weighted by Gasteiger charge is 2.12. The predicted molar refractivity (Wildman–Crippen MR) is 69.9 cm³/mol. The van der Waals surface area contributed by atoms with Crippen molar-refractivity contribution >= 4 is 35.1 Å². The monoisotopic (exact) mass is 284 g/mol. The average molecular weight is 285 g/mol. The third-order valence-corrected chi connectivity index (χ3v) is 2.96. The first-order valence-corrected chi connectivity index (χ1v) is 5.93. The van der Waals surface area contributed by atoms with Gasteiger partial charge in [0.25, 0.3) is 0 Å². The van der Waals surface area contributed by atoms with E-state index in [1.54, 1.807) is 25.1 Å². The molecule has 2 N–H and O–H groups in total. The highest BCUT2D eigenvalue weighted by Crippen LogP contribution is 2.24. The molecule has 0 saturated carbocycles. The van der Waals surface area contributed by atoms with Crippen molar-refractivity contribution in [3.63, 3.8) is 0 Å². The lowest BCUT2D eigenvalue weighted by atomic mass is 10.1. The number of benzene rings is 1. The molecule has 0 saturated heterocycles. The van der Waals surface area contributed by atoms with E-state index in [0.29, 0.717) is 21.4 Å². The number of aromatic nitrogens is 3. The van der Waals surface area contributed by atoms with Gasteiger partial charge in [0.15, 0.2) is 0 Å².